The maximum Gasteiger partial charge on any atom is 0.210 e. The van der Waals surface area contributed by atoms with Crippen molar-refractivity contribution >= 4 is 28.8 Å². The van der Waals surface area contributed by atoms with Crippen molar-refractivity contribution in [2.45, 2.75) is 0 Å². The molecule has 4 aromatic carbocycles. The first kappa shape index (κ1) is 20.9. The molecule has 0 aliphatic rings. The summed E-state index contributed by atoms with van der Waals surface area (Å²) in [6, 6.07) is 41.9. The molecular weight excluding hydrogens is 425 g/mol. The maximum atomic E-state index is 13.0. The molecule has 0 aliphatic carbocycles. The van der Waals surface area contributed by atoms with E-state index in [1.807, 2.05) is 84.9 Å². The molecule has 4 nitrogen and oxygen atoms in total. The van der Waals surface area contributed by atoms with Crippen LogP contribution in [0.3, 0.4) is 0 Å². The molecule has 0 fully saturated rings. The van der Waals surface area contributed by atoms with Crippen molar-refractivity contribution in [1.82, 2.24) is 10.2 Å². The minimum absolute atomic E-state index is 0.161. The normalized spacial score (nSPS) is 11.2. The highest BCUT2D eigenvalue weighted by Crippen LogP contribution is 2.48. The molecule has 0 amide bonds. The summed E-state index contributed by atoms with van der Waals surface area (Å²) in [6.45, 7) is 0. The van der Waals surface area contributed by atoms with Crippen molar-refractivity contribution in [1.29, 1.82) is 0 Å². The minimum atomic E-state index is -2.47. The molecule has 1 aromatic heterocycles. The van der Waals surface area contributed by atoms with Gasteiger partial charge in [0, 0.05) is 27.5 Å². The smallest absolute Gasteiger partial charge is 0.210 e. The molecule has 0 bridgehead atoms. The van der Waals surface area contributed by atoms with Crippen molar-refractivity contribution in [3.8, 4) is 11.3 Å². The topological polar surface area (TPSA) is 58.1 Å². The number of hydrogen-bond donors (Lipinski definition) is 1. The third kappa shape index (κ3) is 4.09. The van der Waals surface area contributed by atoms with Crippen molar-refractivity contribution in [3.63, 3.8) is 0 Å². The van der Waals surface area contributed by atoms with Gasteiger partial charge in [-0.25, -0.2) is 4.74 Å². The van der Waals surface area contributed by atoms with Gasteiger partial charge in [0.1, 0.15) is 11.5 Å². The highest BCUT2D eigenvalue weighted by molar-refractivity contribution is 7.87. The molecule has 0 radical (unpaired) electrons. The number of hydrogen-bond acceptors (Lipinski definition) is 3. The van der Waals surface area contributed by atoms with Gasteiger partial charge in [-0.3, -0.25) is 9.89 Å². The SMILES string of the molecule is O=c1cc(N=P(c2ccccc2)(c2ccccc2)c2ccccc2)[nH]nc1-c1ccccc1. The summed E-state index contributed by atoms with van der Waals surface area (Å²) in [7, 11) is -2.47. The molecule has 0 unspecified atom stereocenters. The lowest BCUT2D eigenvalue weighted by Gasteiger charge is -2.26. The van der Waals surface area contributed by atoms with Gasteiger partial charge in [0.25, 0.3) is 0 Å². The van der Waals surface area contributed by atoms with Gasteiger partial charge in [-0.05, 0) is 0 Å². The van der Waals surface area contributed by atoms with Crippen LogP contribution >= 0.6 is 7.05 Å². The van der Waals surface area contributed by atoms with Gasteiger partial charge in [-0.2, -0.15) is 5.10 Å². The average molecular weight is 447 g/mol. The predicted molar refractivity (Wildman–Crippen MR) is 138 cm³/mol. The second-order valence-corrected chi connectivity index (χ2v) is 10.6. The van der Waals surface area contributed by atoms with Crippen LogP contribution in [0.15, 0.2) is 137 Å². The van der Waals surface area contributed by atoms with Crippen molar-refractivity contribution in [2.24, 2.45) is 4.74 Å². The number of rotatable bonds is 5. The van der Waals surface area contributed by atoms with Crippen LogP contribution in [0.4, 0.5) is 5.82 Å². The number of H-pyrrole nitrogens is 1. The van der Waals surface area contributed by atoms with Crippen LogP contribution in [0.1, 0.15) is 0 Å². The van der Waals surface area contributed by atoms with E-state index in [-0.39, 0.29) is 5.43 Å². The number of aromatic nitrogens is 2. The van der Waals surface area contributed by atoms with Crippen LogP contribution in [0, 0.1) is 0 Å². The minimum Gasteiger partial charge on any atom is -0.287 e. The second-order valence-electron chi connectivity index (χ2n) is 7.57. The first-order valence-electron chi connectivity index (χ1n) is 10.7. The van der Waals surface area contributed by atoms with Gasteiger partial charge >= 0.3 is 0 Å². The summed E-state index contributed by atoms with van der Waals surface area (Å²) in [4.78, 5) is 13.0. The zero-order chi connectivity index (χ0) is 22.5. The van der Waals surface area contributed by atoms with E-state index >= 15 is 0 Å². The van der Waals surface area contributed by atoms with Crippen molar-refractivity contribution < 1.29 is 0 Å². The molecule has 5 heteroatoms. The van der Waals surface area contributed by atoms with Gasteiger partial charge in [-0.1, -0.05) is 121 Å². The van der Waals surface area contributed by atoms with Crippen LogP contribution in [-0.4, -0.2) is 10.2 Å². The van der Waals surface area contributed by atoms with Gasteiger partial charge in [-0.15, -0.1) is 0 Å². The summed E-state index contributed by atoms with van der Waals surface area (Å²) in [6.07, 6.45) is 0. The van der Waals surface area contributed by atoms with Crippen LogP contribution in [0.2, 0.25) is 0 Å². The van der Waals surface area contributed by atoms with E-state index < -0.39 is 7.05 Å². The second kappa shape index (κ2) is 9.23. The van der Waals surface area contributed by atoms with E-state index in [0.717, 1.165) is 21.5 Å². The summed E-state index contributed by atoms with van der Waals surface area (Å²) in [5, 5.41) is 10.8. The molecule has 0 saturated carbocycles. The molecule has 5 aromatic rings. The molecule has 160 valence electrons. The standard InChI is InChI=1S/C28H22N3OP/c32-26-21-27(29-30-28(26)22-13-5-1-6-14-22)31-33(23-15-7-2-8-16-23,24-17-9-3-10-18-24)25-19-11-4-12-20-25/h1-21H,(H,29,32). The first-order chi connectivity index (χ1) is 16.3. The third-order valence-electron chi connectivity index (χ3n) is 5.48. The Morgan fingerprint density at radius 3 is 1.45 bits per heavy atom. The Hall–Kier alpha value is -4.01. The molecule has 1 heterocycles. The fourth-order valence-corrected chi connectivity index (χ4v) is 7.44. The summed E-state index contributed by atoms with van der Waals surface area (Å²) >= 11 is 0. The van der Waals surface area contributed by atoms with Crippen LogP contribution < -0.4 is 21.3 Å². The van der Waals surface area contributed by atoms with Gasteiger partial charge in [0.2, 0.25) is 5.43 Å². The number of nitrogens with one attached hydrogen (secondary N) is 1. The Labute approximate surface area is 192 Å². The monoisotopic (exact) mass is 447 g/mol. The van der Waals surface area contributed by atoms with Gasteiger partial charge in [0.15, 0.2) is 0 Å². The van der Waals surface area contributed by atoms with E-state index in [9.17, 15) is 4.79 Å². The first-order valence-corrected chi connectivity index (χ1v) is 12.5. The zero-order valence-electron chi connectivity index (χ0n) is 17.9. The quantitative estimate of drug-likeness (QED) is 0.374. The van der Waals surface area contributed by atoms with E-state index in [2.05, 4.69) is 46.6 Å². The number of aromatic amines is 1. The highest BCUT2D eigenvalue weighted by Gasteiger charge is 2.27. The summed E-state index contributed by atoms with van der Waals surface area (Å²) in [5.74, 6) is 0.463. The number of nitrogens with zero attached hydrogens (tertiary/aromatic N) is 2. The fraction of sp³-hybridized carbons (Fsp3) is 0. The molecule has 0 aliphatic heterocycles. The van der Waals surface area contributed by atoms with Crippen LogP contribution in [-0.2, 0) is 0 Å². The average Bonchev–Trinajstić information content (AvgIpc) is 2.89. The molecule has 0 atom stereocenters. The Morgan fingerprint density at radius 2 is 1.03 bits per heavy atom. The molecule has 1 N–H and O–H groups in total. The summed E-state index contributed by atoms with van der Waals surface area (Å²) < 4.78 is 5.29. The van der Waals surface area contributed by atoms with E-state index in [1.165, 1.54) is 0 Å². The molecule has 0 spiro atoms. The molecular formula is C28H22N3OP. The predicted octanol–water partition coefficient (Wildman–Crippen LogP) is 5.25. The molecule has 5 rings (SSSR count). The number of benzene rings is 4. The van der Waals surface area contributed by atoms with E-state index in [4.69, 9.17) is 4.74 Å². The summed E-state index contributed by atoms with van der Waals surface area (Å²) in [5.41, 5.74) is 1.00. The Bertz CT molecular complexity index is 1360. The Kier molecular flexibility index (Phi) is 5.84. The molecule has 33 heavy (non-hydrogen) atoms. The van der Waals surface area contributed by atoms with Gasteiger partial charge in [0.05, 0.1) is 7.05 Å². The van der Waals surface area contributed by atoms with E-state index in [1.54, 1.807) is 6.07 Å². The largest absolute Gasteiger partial charge is 0.287 e. The highest BCUT2D eigenvalue weighted by atomic mass is 31.2. The van der Waals surface area contributed by atoms with Crippen LogP contribution in [0.5, 0.6) is 0 Å². The maximum absolute atomic E-state index is 13.0. The van der Waals surface area contributed by atoms with Crippen molar-refractivity contribution in [2.75, 3.05) is 0 Å². The Balaban J connectivity index is 1.80. The lowest BCUT2D eigenvalue weighted by atomic mass is 10.1. The van der Waals surface area contributed by atoms with Gasteiger partial charge < -0.3 is 0 Å². The zero-order valence-corrected chi connectivity index (χ0v) is 18.8. The van der Waals surface area contributed by atoms with Crippen LogP contribution in [0.25, 0.3) is 11.3 Å². The molecule has 0 saturated heterocycles. The third-order valence-corrected chi connectivity index (χ3v) is 9.13. The lowest BCUT2D eigenvalue weighted by Crippen LogP contribution is -2.25. The Morgan fingerprint density at radius 1 is 0.606 bits per heavy atom. The fourth-order valence-electron chi connectivity index (χ4n) is 3.96. The van der Waals surface area contributed by atoms with E-state index in [0.29, 0.717) is 11.5 Å². The van der Waals surface area contributed by atoms with Crippen molar-refractivity contribution in [3.05, 3.63) is 138 Å². The lowest BCUT2D eigenvalue weighted by molar-refractivity contribution is 1.02.